The summed E-state index contributed by atoms with van der Waals surface area (Å²) in [7, 11) is 1.99. The first-order valence-corrected chi connectivity index (χ1v) is 22.5. The standard InChI is InChI=1S/C43H73N5O8/c1-4-25(12-14-46-3)42(53)55-34-20-32-38(52)37-33(51)19-28(22-49)54-40(37)36-31(18-23-6-5-7-27(50)17-23)29-13-15-47-41(45)30(29)10-9-26(43(34,2)56-39(32)36)16-24-8-11-35(44)48-21-24/h4,23-24,26-32,34-41,46-50,52H,5-22,44-45H2,1-3H3/p+2. The highest BCUT2D eigenvalue weighted by molar-refractivity contribution is 5.88. The molecule has 2 bridgehead atoms. The highest BCUT2D eigenvalue weighted by Gasteiger charge is 2.65. The van der Waals surface area contributed by atoms with Crippen molar-refractivity contribution < 1.29 is 49.8 Å². The van der Waals surface area contributed by atoms with Gasteiger partial charge in [-0.25, -0.2) is 4.79 Å². The number of hydrogen-bond acceptors (Lipinski definition) is 11. The summed E-state index contributed by atoms with van der Waals surface area (Å²) in [6, 6.07) is 0. The third-order valence-corrected chi connectivity index (χ3v) is 16.0. The largest absolute Gasteiger partial charge is 0.456 e. The lowest BCUT2D eigenvalue weighted by Gasteiger charge is -2.62. The Kier molecular flexibility index (Phi) is 14.0. The van der Waals surface area contributed by atoms with Crippen molar-refractivity contribution in [1.82, 2.24) is 5.32 Å². The van der Waals surface area contributed by atoms with Gasteiger partial charge in [0.25, 0.3) is 0 Å². The van der Waals surface area contributed by atoms with Crippen LogP contribution >= 0.6 is 0 Å². The number of rotatable bonds is 10. The number of quaternary nitrogens is 2. The Labute approximate surface area is 334 Å². The molecule has 13 heteroatoms. The molecule has 18 unspecified atom stereocenters. The Bertz CT molecular complexity index is 1380. The van der Waals surface area contributed by atoms with Crippen LogP contribution in [0, 0.1) is 53.3 Å². The van der Waals surface area contributed by atoms with E-state index in [1.807, 2.05) is 20.0 Å². The summed E-state index contributed by atoms with van der Waals surface area (Å²) in [6.45, 7) is 6.26. The average Bonchev–Trinajstić information content (AvgIpc) is 3.17. The lowest BCUT2D eigenvalue weighted by atomic mass is 9.53. The molecule has 0 amide bonds. The summed E-state index contributed by atoms with van der Waals surface area (Å²) in [6.07, 6.45) is 9.02. The molecule has 2 aliphatic carbocycles. The summed E-state index contributed by atoms with van der Waals surface area (Å²) in [5.74, 6) is -0.731. The van der Waals surface area contributed by atoms with Crippen LogP contribution < -0.4 is 27.4 Å². The molecule has 56 heavy (non-hydrogen) atoms. The van der Waals surface area contributed by atoms with E-state index in [-0.39, 0.29) is 72.8 Å². The van der Waals surface area contributed by atoms with Crippen LogP contribution in [0.25, 0.3) is 0 Å². The maximum atomic E-state index is 14.2. The van der Waals surface area contributed by atoms with Crippen LogP contribution in [0.2, 0.25) is 0 Å². The van der Waals surface area contributed by atoms with Gasteiger partial charge in [-0.05, 0) is 108 Å². The number of piperidine rings is 2. The summed E-state index contributed by atoms with van der Waals surface area (Å²) in [5.41, 5.74) is 13.2. The number of aliphatic hydroxyl groups excluding tert-OH is 3. The SMILES string of the molecule is CC=C(CC[NH2+]C)C(=O)OC1CC2C(O)C3C(=O)CC(CO)OC3C3C(CC4CCCC(O)C4)C4CCNC(N)C4CCC(CC4CCC(N)[NH2+]C4)C1(C)OC23. The molecule has 13 nitrogen and oxygen atoms in total. The number of esters is 1. The maximum Gasteiger partial charge on any atom is 0.334 e. The quantitative estimate of drug-likeness (QED) is 0.109. The smallest absolute Gasteiger partial charge is 0.334 e. The van der Waals surface area contributed by atoms with Crippen molar-refractivity contribution in [2.75, 3.05) is 33.3 Å². The van der Waals surface area contributed by atoms with Crippen molar-refractivity contribution in [3.63, 3.8) is 0 Å². The normalized spacial score (nSPS) is 47.3. The van der Waals surface area contributed by atoms with E-state index in [2.05, 4.69) is 22.9 Å². The fraction of sp³-hybridized carbons (Fsp3) is 0.907. The minimum Gasteiger partial charge on any atom is -0.456 e. The van der Waals surface area contributed by atoms with Gasteiger partial charge < -0.3 is 51.2 Å². The van der Waals surface area contributed by atoms with Crippen molar-refractivity contribution in [2.24, 2.45) is 64.7 Å². The van der Waals surface area contributed by atoms with E-state index in [1.54, 1.807) is 0 Å². The van der Waals surface area contributed by atoms with Crippen LogP contribution in [0.3, 0.4) is 0 Å². The minimum absolute atomic E-state index is 0.0291. The number of ketones is 1. The number of nitrogens with one attached hydrogen (secondary N) is 1. The molecule has 5 saturated heterocycles. The predicted molar refractivity (Wildman–Crippen MR) is 209 cm³/mol. The predicted octanol–water partition coefficient (Wildman–Crippen LogP) is 0.0436. The fourth-order valence-electron chi connectivity index (χ4n) is 13.0. The molecule has 7 aliphatic rings. The van der Waals surface area contributed by atoms with Crippen LogP contribution in [0.15, 0.2) is 11.6 Å². The molecule has 0 aromatic carbocycles. The number of fused-ring (bicyclic) bond motifs is 4. The van der Waals surface area contributed by atoms with Crippen molar-refractivity contribution in [3.05, 3.63) is 11.6 Å². The zero-order valence-corrected chi connectivity index (χ0v) is 34.3. The number of aliphatic hydroxyl groups is 3. The van der Waals surface area contributed by atoms with Crippen LogP contribution in [-0.4, -0.2) is 115 Å². The van der Waals surface area contributed by atoms with Gasteiger partial charge in [0.2, 0.25) is 0 Å². The number of carbonyl (C=O) groups excluding carboxylic acids is 2. The van der Waals surface area contributed by atoms with Crippen LogP contribution in [-0.2, 0) is 23.8 Å². The summed E-state index contributed by atoms with van der Waals surface area (Å²) < 4.78 is 21.2. The first kappa shape index (κ1) is 42.6. The van der Waals surface area contributed by atoms with Crippen LogP contribution in [0.5, 0.6) is 0 Å². The topological polar surface area (TPSA) is 220 Å². The molecular formula is C43H75N5O8+2. The molecular weight excluding hydrogens is 714 g/mol. The molecule has 0 radical (unpaired) electrons. The van der Waals surface area contributed by atoms with Gasteiger partial charge in [0, 0.05) is 42.6 Å². The van der Waals surface area contributed by atoms with E-state index in [1.165, 1.54) is 0 Å². The first-order chi connectivity index (χ1) is 26.9. The van der Waals surface area contributed by atoms with E-state index in [9.17, 15) is 24.9 Å². The van der Waals surface area contributed by atoms with E-state index < -0.39 is 48.0 Å². The fourth-order valence-corrected chi connectivity index (χ4v) is 13.0. The maximum absolute atomic E-state index is 14.2. The Balaban J connectivity index is 1.35. The molecule has 0 aromatic rings. The van der Waals surface area contributed by atoms with Crippen molar-refractivity contribution >= 4 is 11.8 Å². The van der Waals surface area contributed by atoms with Crippen LogP contribution in [0.1, 0.15) is 104 Å². The van der Waals surface area contributed by atoms with Gasteiger partial charge in [0.05, 0.1) is 69.3 Å². The highest BCUT2D eigenvalue weighted by atomic mass is 16.6. The van der Waals surface area contributed by atoms with Gasteiger partial charge in [-0.2, -0.15) is 0 Å². The Morgan fingerprint density at radius 1 is 1.04 bits per heavy atom. The van der Waals surface area contributed by atoms with Gasteiger partial charge in [0.1, 0.15) is 23.7 Å². The molecule has 0 aromatic heterocycles. The Hall–Kier alpha value is -1.52. The van der Waals surface area contributed by atoms with E-state index in [0.717, 1.165) is 90.3 Å². The lowest BCUT2D eigenvalue weighted by Crippen LogP contribution is -2.95. The van der Waals surface area contributed by atoms with Gasteiger partial charge in [0.15, 0.2) is 0 Å². The van der Waals surface area contributed by atoms with E-state index in [4.69, 9.17) is 25.7 Å². The lowest BCUT2D eigenvalue weighted by molar-refractivity contribution is -0.703. The van der Waals surface area contributed by atoms with Crippen molar-refractivity contribution in [3.8, 4) is 0 Å². The summed E-state index contributed by atoms with van der Waals surface area (Å²) >= 11 is 0. The number of ether oxygens (including phenoxy) is 3. The summed E-state index contributed by atoms with van der Waals surface area (Å²) in [4.78, 5) is 28.3. The van der Waals surface area contributed by atoms with E-state index in [0.29, 0.717) is 30.3 Å². The zero-order chi connectivity index (χ0) is 39.7. The van der Waals surface area contributed by atoms with Crippen LogP contribution in [0.4, 0.5) is 0 Å². The van der Waals surface area contributed by atoms with Gasteiger partial charge in [-0.15, -0.1) is 0 Å². The molecule has 0 spiro atoms. The minimum atomic E-state index is -1.05. The van der Waals surface area contributed by atoms with Gasteiger partial charge in [-0.3, -0.25) is 10.5 Å². The molecule has 5 aliphatic heterocycles. The first-order valence-electron chi connectivity index (χ1n) is 22.5. The van der Waals surface area contributed by atoms with Gasteiger partial charge in [-0.1, -0.05) is 18.9 Å². The number of allylic oxidation sites excluding steroid dienone is 1. The molecule has 7 rings (SSSR count). The third-order valence-electron chi connectivity index (χ3n) is 16.0. The molecule has 18 atom stereocenters. The molecule has 5 heterocycles. The van der Waals surface area contributed by atoms with Gasteiger partial charge >= 0.3 is 5.97 Å². The van der Waals surface area contributed by atoms with Crippen molar-refractivity contribution in [1.29, 1.82) is 0 Å². The second-order valence-electron chi connectivity index (χ2n) is 19.3. The molecule has 7 fully saturated rings. The second kappa shape index (κ2) is 18.4. The Morgan fingerprint density at radius 3 is 2.57 bits per heavy atom. The Morgan fingerprint density at radius 2 is 1.86 bits per heavy atom. The number of Topliss-reactive ketones (excluding diaryl/α,β-unsaturated/α-hetero) is 1. The monoisotopic (exact) mass is 790 g/mol. The molecule has 2 saturated carbocycles. The summed E-state index contributed by atoms with van der Waals surface area (Å²) in [5, 5.41) is 41.7. The highest BCUT2D eigenvalue weighted by Crippen LogP contribution is 2.58. The second-order valence-corrected chi connectivity index (χ2v) is 19.3. The van der Waals surface area contributed by atoms with E-state index >= 15 is 0 Å². The number of carbonyl (C=O) groups is 2. The van der Waals surface area contributed by atoms with Crippen molar-refractivity contribution in [2.45, 2.75) is 158 Å². The number of hydrogen-bond donors (Lipinski definition) is 8. The third kappa shape index (κ3) is 8.69. The zero-order valence-electron chi connectivity index (χ0n) is 34.3. The molecule has 12 N–H and O–H groups in total. The number of nitrogens with two attached hydrogens (primary N) is 4. The molecule has 318 valence electrons. The average molecular weight is 790 g/mol.